The number of carbonyl (C=O) groups is 2. The van der Waals surface area contributed by atoms with Gasteiger partial charge in [0, 0.05) is 41.5 Å². The van der Waals surface area contributed by atoms with Crippen LogP contribution in [0.3, 0.4) is 0 Å². The van der Waals surface area contributed by atoms with E-state index in [1.165, 1.54) is 41.4 Å². The third-order valence-corrected chi connectivity index (χ3v) is 8.57. The van der Waals surface area contributed by atoms with Gasteiger partial charge in [-0.05, 0) is 18.9 Å². The molecule has 2 atom stereocenters. The Hall–Kier alpha value is -3.61. The van der Waals surface area contributed by atoms with Crippen molar-refractivity contribution in [3.8, 4) is 11.5 Å². The van der Waals surface area contributed by atoms with Gasteiger partial charge in [0.1, 0.15) is 32.4 Å². The van der Waals surface area contributed by atoms with Gasteiger partial charge in [0.2, 0.25) is 11.9 Å². The SMILES string of the molecule is C=CC(=O)N[C@H]1CCCCC1Nc1ncc2c(n1)N(Cc1nccs1)C(=O)N(c1c(Cl)c(OC)cc(OC)c1Cl)C2. The van der Waals surface area contributed by atoms with E-state index in [1.54, 1.807) is 18.5 Å². The normalized spacial score (nSPS) is 18.5. The number of fused-ring (bicyclic) bond motifs is 1. The number of benzene rings is 1. The number of methoxy groups -OCH3 is 2. The van der Waals surface area contributed by atoms with Gasteiger partial charge in [0.25, 0.3) is 0 Å². The Morgan fingerprint density at radius 1 is 1.17 bits per heavy atom. The molecule has 0 bridgehead atoms. The van der Waals surface area contributed by atoms with Crippen LogP contribution in [0.2, 0.25) is 10.0 Å². The minimum absolute atomic E-state index is 0.0734. The first kappa shape index (κ1) is 28.9. The summed E-state index contributed by atoms with van der Waals surface area (Å²) >= 11 is 14.8. The third kappa shape index (κ3) is 5.90. The average molecular weight is 619 g/mol. The van der Waals surface area contributed by atoms with Gasteiger partial charge in [0.15, 0.2) is 0 Å². The van der Waals surface area contributed by atoms with E-state index in [-0.39, 0.29) is 46.8 Å². The average Bonchev–Trinajstić information content (AvgIpc) is 3.50. The van der Waals surface area contributed by atoms with Crippen LogP contribution in [0.25, 0.3) is 0 Å². The Morgan fingerprint density at radius 3 is 2.51 bits per heavy atom. The van der Waals surface area contributed by atoms with Crippen molar-refractivity contribution in [1.29, 1.82) is 0 Å². The first-order valence-electron chi connectivity index (χ1n) is 13.0. The summed E-state index contributed by atoms with van der Waals surface area (Å²) in [5.74, 6) is 1.21. The fourth-order valence-corrected chi connectivity index (χ4v) is 6.37. The number of amides is 3. The number of aromatic nitrogens is 3. The Labute approximate surface area is 251 Å². The summed E-state index contributed by atoms with van der Waals surface area (Å²) in [6.45, 7) is 3.84. The number of halogens is 2. The number of carbonyl (C=O) groups excluding carboxylic acids is 2. The Balaban J connectivity index is 1.52. The maximum Gasteiger partial charge on any atom is 0.330 e. The highest BCUT2D eigenvalue weighted by Crippen LogP contribution is 2.48. The Bertz CT molecular complexity index is 1430. The minimum Gasteiger partial charge on any atom is -0.495 e. The maximum atomic E-state index is 14.1. The molecule has 2 aliphatic rings. The van der Waals surface area contributed by atoms with Crippen molar-refractivity contribution in [2.24, 2.45) is 0 Å². The van der Waals surface area contributed by atoms with E-state index in [0.29, 0.717) is 28.8 Å². The monoisotopic (exact) mass is 617 g/mol. The molecule has 1 aliphatic carbocycles. The van der Waals surface area contributed by atoms with E-state index >= 15 is 0 Å². The van der Waals surface area contributed by atoms with E-state index in [1.807, 2.05) is 5.38 Å². The van der Waals surface area contributed by atoms with Gasteiger partial charge in [0.05, 0.1) is 33.0 Å². The zero-order chi connectivity index (χ0) is 29.1. The summed E-state index contributed by atoms with van der Waals surface area (Å²) < 4.78 is 10.8. The lowest BCUT2D eigenvalue weighted by atomic mass is 9.90. The predicted octanol–water partition coefficient (Wildman–Crippen LogP) is 5.43. The molecular weight excluding hydrogens is 589 g/mol. The Morgan fingerprint density at radius 2 is 1.88 bits per heavy atom. The van der Waals surface area contributed by atoms with E-state index in [4.69, 9.17) is 37.7 Å². The standard InChI is InChI=1S/C27H29Cl2N7O4S/c1-4-20(37)32-16-7-5-6-8-17(16)33-26-31-12-15-13-35(24-22(28)18(39-2)11-19(40-3)23(24)29)27(38)36(25(15)34-26)14-21-30-9-10-41-21/h4,9-12,16-17H,1,5-8,13-14H2,2-3H3,(H,32,37)(H,31,33,34)/t16-,17?/m0/s1. The number of nitrogens with zero attached hydrogens (tertiary/aromatic N) is 5. The quantitative estimate of drug-likeness (QED) is 0.305. The van der Waals surface area contributed by atoms with Gasteiger partial charge in [-0.25, -0.2) is 14.8 Å². The number of ether oxygens (including phenoxy) is 2. The number of rotatable bonds is 9. The number of anilines is 3. The molecule has 0 radical (unpaired) electrons. The largest absolute Gasteiger partial charge is 0.495 e. The second-order valence-corrected chi connectivity index (χ2v) is 11.3. The van der Waals surface area contributed by atoms with Crippen molar-refractivity contribution in [3.05, 3.63) is 57.1 Å². The molecule has 3 aromatic rings. The van der Waals surface area contributed by atoms with Crippen LogP contribution in [0.1, 0.15) is 36.3 Å². The van der Waals surface area contributed by atoms with Gasteiger partial charge >= 0.3 is 6.03 Å². The summed E-state index contributed by atoms with van der Waals surface area (Å²) in [5.41, 5.74) is 0.940. The van der Waals surface area contributed by atoms with Crippen molar-refractivity contribution in [1.82, 2.24) is 20.3 Å². The molecule has 1 fully saturated rings. The first-order chi connectivity index (χ1) is 19.8. The van der Waals surface area contributed by atoms with E-state index in [9.17, 15) is 9.59 Å². The lowest BCUT2D eigenvalue weighted by molar-refractivity contribution is -0.117. The molecule has 1 saturated carbocycles. The van der Waals surface area contributed by atoms with Crippen LogP contribution in [0.5, 0.6) is 11.5 Å². The molecule has 3 heterocycles. The van der Waals surface area contributed by atoms with Gasteiger partial charge in [-0.2, -0.15) is 4.98 Å². The van der Waals surface area contributed by atoms with Crippen molar-refractivity contribution >= 4 is 63.9 Å². The zero-order valence-electron chi connectivity index (χ0n) is 22.5. The summed E-state index contributed by atoms with van der Waals surface area (Å²) in [6, 6.07) is 1.01. The highest BCUT2D eigenvalue weighted by Gasteiger charge is 2.37. The molecule has 2 aromatic heterocycles. The van der Waals surface area contributed by atoms with Crippen LogP contribution in [-0.4, -0.2) is 53.2 Å². The van der Waals surface area contributed by atoms with Gasteiger partial charge in [-0.15, -0.1) is 11.3 Å². The summed E-state index contributed by atoms with van der Waals surface area (Å²) in [4.78, 5) is 42.8. The van der Waals surface area contributed by atoms with Gasteiger partial charge < -0.3 is 20.1 Å². The first-order valence-corrected chi connectivity index (χ1v) is 14.6. The predicted molar refractivity (Wildman–Crippen MR) is 159 cm³/mol. The lowest BCUT2D eigenvalue weighted by Crippen LogP contribution is -2.49. The molecule has 0 spiro atoms. The minimum atomic E-state index is -0.398. The zero-order valence-corrected chi connectivity index (χ0v) is 24.9. The van der Waals surface area contributed by atoms with Crippen LogP contribution in [0, 0.1) is 0 Å². The van der Waals surface area contributed by atoms with E-state index < -0.39 is 6.03 Å². The van der Waals surface area contributed by atoms with Crippen LogP contribution in [0.4, 0.5) is 22.2 Å². The highest BCUT2D eigenvalue weighted by atomic mass is 35.5. The van der Waals surface area contributed by atoms with Crippen LogP contribution >= 0.6 is 34.5 Å². The maximum absolute atomic E-state index is 14.1. The second kappa shape index (κ2) is 12.5. The number of hydrogen-bond acceptors (Lipinski definition) is 9. The summed E-state index contributed by atoms with van der Waals surface area (Å²) in [5, 5.41) is 9.30. The molecular formula is C27H29Cl2N7O4S. The van der Waals surface area contributed by atoms with Crippen molar-refractivity contribution < 1.29 is 19.1 Å². The highest BCUT2D eigenvalue weighted by molar-refractivity contribution is 7.09. The van der Waals surface area contributed by atoms with Crippen LogP contribution < -0.4 is 29.9 Å². The fourth-order valence-electron chi connectivity index (χ4n) is 5.06. The fraction of sp³-hybridized carbons (Fsp3) is 0.370. The Kier molecular flexibility index (Phi) is 8.81. The summed E-state index contributed by atoms with van der Waals surface area (Å²) in [6.07, 6.45) is 8.32. The molecule has 1 aliphatic heterocycles. The van der Waals surface area contributed by atoms with E-state index in [0.717, 1.165) is 30.7 Å². The molecule has 1 unspecified atom stereocenters. The van der Waals surface area contributed by atoms with Crippen LogP contribution in [-0.2, 0) is 17.9 Å². The second-order valence-electron chi connectivity index (χ2n) is 9.54. The van der Waals surface area contributed by atoms with Gasteiger partial charge in [-0.3, -0.25) is 14.6 Å². The molecule has 0 saturated heterocycles. The van der Waals surface area contributed by atoms with Crippen molar-refractivity contribution in [3.63, 3.8) is 0 Å². The molecule has 5 rings (SSSR count). The third-order valence-electron chi connectivity index (χ3n) is 7.08. The smallest absolute Gasteiger partial charge is 0.330 e. The topological polar surface area (TPSA) is 122 Å². The number of hydrogen-bond donors (Lipinski definition) is 2. The van der Waals surface area contributed by atoms with Crippen molar-refractivity contribution in [2.75, 3.05) is 29.3 Å². The molecule has 11 nitrogen and oxygen atoms in total. The lowest BCUT2D eigenvalue weighted by Gasteiger charge is -2.37. The van der Waals surface area contributed by atoms with E-state index in [2.05, 4.69) is 27.2 Å². The summed E-state index contributed by atoms with van der Waals surface area (Å²) in [7, 11) is 2.95. The molecule has 2 N–H and O–H groups in total. The molecule has 1 aromatic carbocycles. The molecule has 14 heteroatoms. The number of nitrogens with one attached hydrogen (secondary N) is 2. The molecule has 41 heavy (non-hydrogen) atoms. The number of thiazole rings is 1. The van der Waals surface area contributed by atoms with Gasteiger partial charge in [-0.1, -0.05) is 42.6 Å². The van der Waals surface area contributed by atoms with Crippen molar-refractivity contribution in [2.45, 2.75) is 50.9 Å². The van der Waals surface area contributed by atoms with Crippen LogP contribution in [0.15, 0.2) is 36.5 Å². The number of urea groups is 1. The molecule has 216 valence electrons. The molecule has 3 amide bonds.